The first kappa shape index (κ1) is 16.8. The number of benzene rings is 1. The maximum Gasteiger partial charge on any atom is 0.227 e. The van der Waals surface area contributed by atoms with Gasteiger partial charge in [0.1, 0.15) is 0 Å². The number of nitrogens with zero attached hydrogens (tertiary/aromatic N) is 1. The van der Waals surface area contributed by atoms with E-state index >= 15 is 0 Å². The second-order valence-electron chi connectivity index (χ2n) is 7.62. The number of carbonyl (C=O) groups is 1. The second-order valence-corrected chi connectivity index (χ2v) is 7.62. The van der Waals surface area contributed by atoms with Crippen LogP contribution in [0.15, 0.2) is 24.3 Å². The standard InChI is InChI=1S/C19H26N2O.ClH/c1-13-8-15-4-2-3-5-18(15)21(12-13)19(22)11-14-9-16-6-7-17(10-14)20-16;/h2-5,13-14,16-17,20H,6-12H2,1H3;1H. The molecule has 2 fully saturated rings. The Bertz CT molecular complexity index is 564. The zero-order valence-corrected chi connectivity index (χ0v) is 14.6. The normalized spacial score (nSPS) is 32.1. The first-order valence-electron chi connectivity index (χ1n) is 8.83. The summed E-state index contributed by atoms with van der Waals surface area (Å²) in [5.41, 5.74) is 2.49. The molecule has 1 N–H and O–H groups in total. The van der Waals surface area contributed by atoms with Gasteiger partial charge in [-0.05, 0) is 55.6 Å². The summed E-state index contributed by atoms with van der Waals surface area (Å²) in [6.07, 6.45) is 6.81. The molecule has 126 valence electrons. The summed E-state index contributed by atoms with van der Waals surface area (Å²) in [5.74, 6) is 1.48. The smallest absolute Gasteiger partial charge is 0.227 e. The minimum Gasteiger partial charge on any atom is -0.312 e. The molecule has 1 aromatic carbocycles. The van der Waals surface area contributed by atoms with E-state index in [9.17, 15) is 4.79 Å². The molecule has 3 aliphatic heterocycles. The van der Waals surface area contributed by atoms with Crippen molar-refractivity contribution in [3.05, 3.63) is 29.8 Å². The number of rotatable bonds is 2. The largest absolute Gasteiger partial charge is 0.312 e. The number of fused-ring (bicyclic) bond motifs is 3. The zero-order chi connectivity index (χ0) is 15.1. The number of para-hydroxylation sites is 1. The van der Waals surface area contributed by atoms with E-state index in [0.717, 1.165) is 25.1 Å². The molecule has 3 nitrogen and oxygen atoms in total. The van der Waals surface area contributed by atoms with Crippen LogP contribution in [-0.4, -0.2) is 24.5 Å². The Morgan fingerprint density at radius 1 is 1.22 bits per heavy atom. The summed E-state index contributed by atoms with van der Waals surface area (Å²) >= 11 is 0. The van der Waals surface area contributed by atoms with Crippen LogP contribution < -0.4 is 10.2 Å². The van der Waals surface area contributed by atoms with Gasteiger partial charge in [0.05, 0.1) is 0 Å². The van der Waals surface area contributed by atoms with Gasteiger partial charge in [-0.1, -0.05) is 25.1 Å². The Morgan fingerprint density at radius 2 is 1.91 bits per heavy atom. The average molecular weight is 335 g/mol. The van der Waals surface area contributed by atoms with E-state index in [0.29, 0.717) is 29.8 Å². The minimum absolute atomic E-state index is 0. The molecule has 23 heavy (non-hydrogen) atoms. The van der Waals surface area contributed by atoms with Crippen molar-refractivity contribution in [2.75, 3.05) is 11.4 Å². The molecule has 0 radical (unpaired) electrons. The maximum atomic E-state index is 12.9. The van der Waals surface area contributed by atoms with E-state index in [1.54, 1.807) is 0 Å². The van der Waals surface area contributed by atoms with E-state index in [1.165, 1.54) is 31.2 Å². The number of nitrogens with one attached hydrogen (secondary N) is 1. The van der Waals surface area contributed by atoms with Crippen LogP contribution in [0.25, 0.3) is 0 Å². The minimum atomic E-state index is 0. The quantitative estimate of drug-likeness (QED) is 0.897. The Labute approximate surface area is 145 Å². The van der Waals surface area contributed by atoms with Gasteiger partial charge in [0, 0.05) is 30.7 Å². The molecule has 0 spiro atoms. The first-order chi connectivity index (χ1) is 10.7. The van der Waals surface area contributed by atoms with Crippen LogP contribution in [0, 0.1) is 11.8 Å². The lowest BCUT2D eigenvalue weighted by Gasteiger charge is -2.35. The molecule has 3 unspecified atom stereocenters. The molecule has 4 heteroatoms. The van der Waals surface area contributed by atoms with Crippen molar-refractivity contribution >= 4 is 24.0 Å². The molecular weight excluding hydrogens is 308 g/mol. The summed E-state index contributed by atoms with van der Waals surface area (Å²) in [6, 6.07) is 9.78. The van der Waals surface area contributed by atoms with Gasteiger partial charge in [0.15, 0.2) is 0 Å². The number of anilines is 1. The predicted octanol–water partition coefficient (Wildman–Crippen LogP) is 3.55. The van der Waals surface area contributed by atoms with Gasteiger partial charge in [-0.25, -0.2) is 0 Å². The van der Waals surface area contributed by atoms with Crippen molar-refractivity contribution in [2.24, 2.45) is 11.8 Å². The molecule has 2 saturated heterocycles. The Balaban J connectivity index is 0.00000156. The van der Waals surface area contributed by atoms with Gasteiger partial charge in [0.2, 0.25) is 5.91 Å². The van der Waals surface area contributed by atoms with Gasteiger partial charge < -0.3 is 10.2 Å². The fourth-order valence-corrected chi connectivity index (χ4v) is 4.73. The molecule has 3 heterocycles. The SMILES string of the molecule is CC1Cc2ccccc2N(C(=O)CC2CC3CCC(C2)N3)C1.Cl. The van der Waals surface area contributed by atoms with Gasteiger partial charge >= 0.3 is 0 Å². The molecule has 3 aliphatic rings. The van der Waals surface area contributed by atoms with Gasteiger partial charge in [-0.2, -0.15) is 0 Å². The van der Waals surface area contributed by atoms with Crippen molar-refractivity contribution in [3.63, 3.8) is 0 Å². The van der Waals surface area contributed by atoms with Crippen molar-refractivity contribution in [2.45, 2.75) is 57.5 Å². The summed E-state index contributed by atoms with van der Waals surface area (Å²) in [7, 11) is 0. The third-order valence-corrected chi connectivity index (χ3v) is 5.68. The molecule has 0 aliphatic carbocycles. The van der Waals surface area contributed by atoms with E-state index in [4.69, 9.17) is 0 Å². The molecule has 0 saturated carbocycles. The highest BCUT2D eigenvalue weighted by Crippen LogP contribution is 2.35. The van der Waals surface area contributed by atoms with E-state index in [-0.39, 0.29) is 12.4 Å². The highest BCUT2D eigenvalue weighted by atomic mass is 35.5. The number of hydrogen-bond acceptors (Lipinski definition) is 2. The lowest BCUT2D eigenvalue weighted by Crippen LogP contribution is -2.43. The number of amides is 1. The molecule has 0 aromatic heterocycles. The lowest BCUT2D eigenvalue weighted by atomic mass is 9.88. The lowest BCUT2D eigenvalue weighted by molar-refractivity contribution is -0.120. The van der Waals surface area contributed by atoms with Crippen molar-refractivity contribution < 1.29 is 4.79 Å². The Hall–Kier alpha value is -1.06. The van der Waals surface area contributed by atoms with Crippen LogP contribution in [0.3, 0.4) is 0 Å². The monoisotopic (exact) mass is 334 g/mol. The van der Waals surface area contributed by atoms with Crippen LogP contribution in [0.4, 0.5) is 5.69 Å². The fraction of sp³-hybridized carbons (Fsp3) is 0.632. The Morgan fingerprint density at radius 3 is 2.65 bits per heavy atom. The first-order valence-corrected chi connectivity index (χ1v) is 8.83. The number of hydrogen-bond donors (Lipinski definition) is 1. The van der Waals surface area contributed by atoms with E-state index < -0.39 is 0 Å². The highest BCUT2D eigenvalue weighted by Gasteiger charge is 2.35. The van der Waals surface area contributed by atoms with Crippen molar-refractivity contribution in [1.29, 1.82) is 0 Å². The number of carbonyl (C=O) groups excluding carboxylic acids is 1. The van der Waals surface area contributed by atoms with Crippen LogP contribution in [0.2, 0.25) is 0 Å². The molecule has 1 aromatic rings. The maximum absolute atomic E-state index is 12.9. The van der Waals surface area contributed by atoms with Gasteiger partial charge in [-0.3, -0.25) is 4.79 Å². The van der Waals surface area contributed by atoms with Crippen LogP contribution in [0.5, 0.6) is 0 Å². The average Bonchev–Trinajstić information content (AvgIpc) is 2.85. The third-order valence-electron chi connectivity index (χ3n) is 5.68. The van der Waals surface area contributed by atoms with Crippen LogP contribution in [-0.2, 0) is 11.2 Å². The molecule has 4 rings (SSSR count). The van der Waals surface area contributed by atoms with Crippen LogP contribution in [0.1, 0.15) is 44.6 Å². The van der Waals surface area contributed by atoms with E-state index in [2.05, 4.69) is 41.4 Å². The third kappa shape index (κ3) is 3.41. The fourth-order valence-electron chi connectivity index (χ4n) is 4.73. The highest BCUT2D eigenvalue weighted by molar-refractivity contribution is 5.94. The molecular formula is C19H27ClN2O. The second kappa shape index (κ2) is 6.82. The van der Waals surface area contributed by atoms with E-state index in [1.807, 2.05) is 0 Å². The number of piperidine rings is 1. The van der Waals surface area contributed by atoms with Crippen molar-refractivity contribution in [3.8, 4) is 0 Å². The molecule has 3 atom stereocenters. The topological polar surface area (TPSA) is 32.3 Å². The van der Waals surface area contributed by atoms with Gasteiger partial charge in [-0.15, -0.1) is 12.4 Å². The number of halogens is 1. The summed E-state index contributed by atoms with van der Waals surface area (Å²) in [4.78, 5) is 15.0. The Kier molecular flexibility index (Phi) is 4.98. The summed E-state index contributed by atoms with van der Waals surface area (Å²) < 4.78 is 0. The summed E-state index contributed by atoms with van der Waals surface area (Å²) in [6.45, 7) is 3.13. The summed E-state index contributed by atoms with van der Waals surface area (Å²) in [5, 5.41) is 3.67. The zero-order valence-electron chi connectivity index (χ0n) is 13.8. The van der Waals surface area contributed by atoms with Crippen molar-refractivity contribution in [1.82, 2.24) is 5.32 Å². The van der Waals surface area contributed by atoms with Crippen LogP contribution >= 0.6 is 12.4 Å². The predicted molar refractivity (Wildman–Crippen MR) is 96.2 cm³/mol. The molecule has 2 bridgehead atoms. The van der Waals surface area contributed by atoms with Gasteiger partial charge in [0.25, 0.3) is 0 Å². The molecule has 1 amide bonds.